The molecule has 0 amide bonds. The van der Waals surface area contributed by atoms with E-state index in [1.807, 2.05) is 6.92 Å². The third-order valence-corrected chi connectivity index (χ3v) is 4.76. The van der Waals surface area contributed by atoms with Crippen LogP contribution in [-0.2, 0) is 6.42 Å². The molecule has 20 heavy (non-hydrogen) atoms. The Bertz CT molecular complexity index is 465. The average Bonchev–Trinajstić information content (AvgIpc) is 2.40. The molecule has 1 N–H and O–H groups in total. The molecule has 1 aliphatic heterocycles. The summed E-state index contributed by atoms with van der Waals surface area (Å²) in [4.78, 5) is 14.1. The number of hydrogen-bond donors (Lipinski definition) is 1. The fraction of sp³-hybridized carbons (Fsp3) is 0.714. The quantitative estimate of drug-likeness (QED) is 0.904. The fourth-order valence-electron chi connectivity index (χ4n) is 2.53. The monoisotopic (exact) mass is 341 g/mol. The molecule has 0 aliphatic carbocycles. The minimum Gasteiger partial charge on any atom is -0.369 e. The molecule has 0 bridgehead atoms. The smallest absolute Gasteiger partial charge is 0.144 e. The number of piperazine rings is 1. The predicted octanol–water partition coefficient (Wildman–Crippen LogP) is 1.77. The maximum atomic E-state index is 4.66. The van der Waals surface area contributed by atoms with E-state index < -0.39 is 0 Å². The summed E-state index contributed by atoms with van der Waals surface area (Å²) in [6.45, 7) is 8.28. The molecule has 1 unspecified atom stereocenters. The molecule has 5 nitrogen and oxygen atoms in total. The SMILES string of the molecule is CCNc1nc(CC2CN(C)CCN2C)nc(C)c1Br. The van der Waals surface area contributed by atoms with Crippen LogP contribution in [0.3, 0.4) is 0 Å². The normalized spacial score (nSPS) is 21.1. The van der Waals surface area contributed by atoms with Gasteiger partial charge in [-0.05, 0) is 43.9 Å². The third-order valence-electron chi connectivity index (χ3n) is 3.81. The van der Waals surface area contributed by atoms with E-state index in [-0.39, 0.29) is 0 Å². The lowest BCUT2D eigenvalue weighted by molar-refractivity contribution is 0.113. The summed E-state index contributed by atoms with van der Waals surface area (Å²) in [5.41, 5.74) is 0.998. The van der Waals surface area contributed by atoms with E-state index in [4.69, 9.17) is 0 Å². The number of anilines is 1. The van der Waals surface area contributed by atoms with Crippen molar-refractivity contribution in [2.24, 2.45) is 0 Å². The van der Waals surface area contributed by atoms with Crippen LogP contribution in [0, 0.1) is 6.92 Å². The molecule has 1 atom stereocenters. The molecule has 0 saturated carbocycles. The highest BCUT2D eigenvalue weighted by atomic mass is 79.9. The summed E-state index contributed by atoms with van der Waals surface area (Å²) in [5, 5.41) is 3.29. The van der Waals surface area contributed by atoms with Crippen molar-refractivity contribution in [2.45, 2.75) is 26.3 Å². The van der Waals surface area contributed by atoms with Crippen molar-refractivity contribution in [1.82, 2.24) is 19.8 Å². The van der Waals surface area contributed by atoms with Gasteiger partial charge in [0.2, 0.25) is 0 Å². The van der Waals surface area contributed by atoms with Crippen molar-refractivity contribution in [1.29, 1.82) is 0 Å². The summed E-state index contributed by atoms with van der Waals surface area (Å²) >= 11 is 3.56. The lowest BCUT2D eigenvalue weighted by Crippen LogP contribution is -2.51. The van der Waals surface area contributed by atoms with Crippen LogP contribution < -0.4 is 5.32 Å². The van der Waals surface area contributed by atoms with Gasteiger partial charge < -0.3 is 15.1 Å². The summed E-state index contributed by atoms with van der Waals surface area (Å²) < 4.78 is 0.970. The molecule has 1 aromatic heterocycles. The van der Waals surface area contributed by atoms with Crippen molar-refractivity contribution in [3.05, 3.63) is 16.0 Å². The van der Waals surface area contributed by atoms with E-state index >= 15 is 0 Å². The number of aromatic nitrogens is 2. The lowest BCUT2D eigenvalue weighted by atomic mass is 10.1. The van der Waals surface area contributed by atoms with Gasteiger partial charge >= 0.3 is 0 Å². The maximum Gasteiger partial charge on any atom is 0.144 e. The van der Waals surface area contributed by atoms with Gasteiger partial charge in [-0.2, -0.15) is 0 Å². The average molecular weight is 342 g/mol. The fourth-order valence-corrected chi connectivity index (χ4v) is 2.84. The van der Waals surface area contributed by atoms with Crippen LogP contribution in [0.5, 0.6) is 0 Å². The van der Waals surface area contributed by atoms with Gasteiger partial charge in [0.05, 0.1) is 10.2 Å². The van der Waals surface area contributed by atoms with Gasteiger partial charge in [-0.15, -0.1) is 0 Å². The Morgan fingerprint density at radius 2 is 2.05 bits per heavy atom. The van der Waals surface area contributed by atoms with Crippen molar-refractivity contribution >= 4 is 21.7 Å². The molecule has 1 fully saturated rings. The van der Waals surface area contributed by atoms with E-state index in [9.17, 15) is 0 Å². The second-order valence-electron chi connectivity index (χ2n) is 5.52. The number of nitrogens with one attached hydrogen (secondary N) is 1. The first-order chi connectivity index (χ1) is 9.51. The molecule has 0 radical (unpaired) electrons. The summed E-state index contributed by atoms with van der Waals surface area (Å²) in [6.07, 6.45) is 0.896. The summed E-state index contributed by atoms with van der Waals surface area (Å²) in [5.74, 6) is 1.83. The van der Waals surface area contributed by atoms with Crippen molar-refractivity contribution in [3.8, 4) is 0 Å². The molecule has 6 heteroatoms. The number of hydrogen-bond acceptors (Lipinski definition) is 5. The molecular formula is C14H24BrN5. The Kier molecular flexibility index (Phi) is 5.35. The standard InChI is InChI=1S/C14H24BrN5/c1-5-16-14-13(15)10(2)17-12(18-14)8-11-9-19(3)6-7-20(11)4/h11H,5-9H2,1-4H3,(H,16,17,18). The van der Waals surface area contributed by atoms with Crippen molar-refractivity contribution < 1.29 is 0 Å². The molecule has 112 valence electrons. The topological polar surface area (TPSA) is 44.3 Å². The minimum atomic E-state index is 0.490. The zero-order chi connectivity index (χ0) is 14.7. The van der Waals surface area contributed by atoms with E-state index in [2.05, 4.69) is 62.0 Å². The van der Waals surface area contributed by atoms with Gasteiger partial charge in [-0.3, -0.25) is 0 Å². The number of likely N-dealkylation sites (N-methyl/N-ethyl adjacent to an activating group) is 2. The van der Waals surface area contributed by atoms with E-state index in [1.165, 1.54) is 0 Å². The van der Waals surface area contributed by atoms with E-state index in [1.54, 1.807) is 0 Å². The van der Waals surface area contributed by atoms with Gasteiger partial charge in [0.1, 0.15) is 11.6 Å². The number of aryl methyl sites for hydroxylation is 1. The van der Waals surface area contributed by atoms with Crippen molar-refractivity contribution in [3.63, 3.8) is 0 Å². The Balaban J connectivity index is 2.16. The van der Waals surface area contributed by atoms with Crippen molar-refractivity contribution in [2.75, 3.05) is 45.6 Å². The maximum absolute atomic E-state index is 4.66. The molecular weight excluding hydrogens is 318 g/mol. The van der Waals surface area contributed by atoms with Gasteiger partial charge in [0.15, 0.2) is 0 Å². The van der Waals surface area contributed by atoms with Crippen LogP contribution in [0.25, 0.3) is 0 Å². The lowest BCUT2D eigenvalue weighted by Gasteiger charge is -2.37. The Morgan fingerprint density at radius 1 is 1.30 bits per heavy atom. The minimum absolute atomic E-state index is 0.490. The van der Waals surface area contributed by atoms with E-state index in [0.717, 1.165) is 54.4 Å². The highest BCUT2D eigenvalue weighted by molar-refractivity contribution is 9.10. The molecule has 0 spiro atoms. The van der Waals surface area contributed by atoms with E-state index in [0.29, 0.717) is 6.04 Å². The van der Waals surface area contributed by atoms with Crippen LogP contribution >= 0.6 is 15.9 Å². The third kappa shape index (κ3) is 3.68. The summed E-state index contributed by atoms with van der Waals surface area (Å²) in [7, 11) is 4.37. The number of nitrogens with zero attached hydrogens (tertiary/aromatic N) is 4. The molecule has 0 aromatic carbocycles. The van der Waals surface area contributed by atoms with Crippen LogP contribution in [0.4, 0.5) is 5.82 Å². The number of halogens is 1. The van der Waals surface area contributed by atoms with Crippen LogP contribution in [0.1, 0.15) is 18.4 Å². The van der Waals surface area contributed by atoms with Gasteiger partial charge in [-0.25, -0.2) is 9.97 Å². The van der Waals surface area contributed by atoms with Gasteiger partial charge in [0.25, 0.3) is 0 Å². The zero-order valence-electron chi connectivity index (χ0n) is 12.8. The predicted molar refractivity (Wildman–Crippen MR) is 86.3 cm³/mol. The first-order valence-electron chi connectivity index (χ1n) is 7.17. The molecule has 2 rings (SSSR count). The van der Waals surface area contributed by atoms with Crippen LogP contribution in [0.15, 0.2) is 4.47 Å². The second kappa shape index (κ2) is 6.83. The first-order valence-corrected chi connectivity index (χ1v) is 7.96. The Hall–Kier alpha value is -0.720. The Morgan fingerprint density at radius 3 is 2.75 bits per heavy atom. The highest BCUT2D eigenvalue weighted by Crippen LogP contribution is 2.23. The zero-order valence-corrected chi connectivity index (χ0v) is 14.4. The van der Waals surface area contributed by atoms with Gasteiger partial charge in [-0.1, -0.05) is 0 Å². The largest absolute Gasteiger partial charge is 0.369 e. The molecule has 1 aliphatic rings. The molecule has 2 heterocycles. The highest BCUT2D eigenvalue weighted by Gasteiger charge is 2.23. The van der Waals surface area contributed by atoms with Crippen LogP contribution in [-0.4, -0.2) is 66.1 Å². The second-order valence-corrected chi connectivity index (χ2v) is 6.31. The summed E-state index contributed by atoms with van der Waals surface area (Å²) in [6, 6.07) is 0.490. The molecule has 1 saturated heterocycles. The number of rotatable bonds is 4. The van der Waals surface area contributed by atoms with Crippen LogP contribution in [0.2, 0.25) is 0 Å². The Labute approximate surface area is 129 Å². The first kappa shape index (κ1) is 15.7. The van der Waals surface area contributed by atoms with Gasteiger partial charge in [0, 0.05) is 38.6 Å². The molecule has 1 aromatic rings.